The van der Waals surface area contributed by atoms with Gasteiger partial charge in [-0.15, -0.1) is 9.60 Å². The molecule has 1 nitrogen and oxygen atoms in total. The molecule has 0 aliphatic heterocycles. The van der Waals surface area contributed by atoms with E-state index in [1.165, 1.54) is 19.2 Å². The van der Waals surface area contributed by atoms with Crippen LogP contribution in [0, 0.1) is 5.82 Å². The summed E-state index contributed by atoms with van der Waals surface area (Å²) in [5.74, 6) is -0.329. The van der Waals surface area contributed by atoms with Gasteiger partial charge in [0, 0.05) is 7.05 Å². The topological polar surface area (TPSA) is 3.24 Å². The fourth-order valence-corrected chi connectivity index (χ4v) is 0.887. The van der Waals surface area contributed by atoms with Crippen LogP contribution in [0.5, 0.6) is 0 Å². The minimum atomic E-state index is -0.329. The molecule has 0 amide bonds. The second kappa shape index (κ2) is 6.54. The van der Waals surface area contributed by atoms with Gasteiger partial charge in [0.2, 0.25) is 0 Å². The summed E-state index contributed by atoms with van der Waals surface area (Å²) in [7, 11) is 1.30. The van der Waals surface area contributed by atoms with Gasteiger partial charge in [0.15, 0.2) is 0 Å². The zero-order valence-electron chi connectivity index (χ0n) is 8.22. The summed E-state index contributed by atoms with van der Waals surface area (Å²) >= 11 is 0. The van der Waals surface area contributed by atoms with Gasteiger partial charge in [-0.2, -0.15) is 0 Å². The van der Waals surface area contributed by atoms with Crippen LogP contribution in [0.1, 0.15) is 19.4 Å². The minimum absolute atomic E-state index is 0.123. The summed E-state index contributed by atoms with van der Waals surface area (Å²) in [6.07, 6.45) is 0. The van der Waals surface area contributed by atoms with Crippen LogP contribution in [0.4, 0.5) is 8.87 Å². The van der Waals surface area contributed by atoms with Crippen LogP contribution >= 0.6 is 0 Å². The Morgan fingerprint density at radius 3 is 2.38 bits per heavy atom. The van der Waals surface area contributed by atoms with Crippen LogP contribution in [0.25, 0.3) is 0 Å². The van der Waals surface area contributed by atoms with Crippen LogP contribution in [-0.4, -0.2) is 12.2 Å². The average Bonchev–Trinajstić information content (AvgIpc) is 2.06. The van der Waals surface area contributed by atoms with Crippen LogP contribution in [0.3, 0.4) is 0 Å². The molecule has 0 radical (unpaired) electrons. The largest absolute Gasteiger partial charge is 0.207 e. The zero-order valence-corrected chi connectivity index (χ0v) is 8.22. The SMILES string of the molecule is CC.CN(F)Cc1cccc(F)c1. The van der Waals surface area contributed by atoms with E-state index in [-0.39, 0.29) is 12.4 Å². The molecule has 0 aliphatic carbocycles. The lowest BCUT2D eigenvalue weighted by atomic mass is 10.2. The summed E-state index contributed by atoms with van der Waals surface area (Å²) in [6, 6.07) is 5.89. The maximum atomic E-state index is 12.5. The van der Waals surface area contributed by atoms with E-state index in [1.807, 2.05) is 13.8 Å². The van der Waals surface area contributed by atoms with Gasteiger partial charge in [-0.3, -0.25) is 0 Å². The molecule has 0 aliphatic rings. The third-order valence-corrected chi connectivity index (χ3v) is 1.29. The average molecular weight is 187 g/mol. The zero-order chi connectivity index (χ0) is 10.3. The number of benzene rings is 1. The van der Waals surface area contributed by atoms with Crippen LogP contribution in [-0.2, 0) is 6.54 Å². The predicted octanol–water partition coefficient (Wildman–Crippen LogP) is 3.17. The molecule has 0 N–H and O–H groups in total. The fourth-order valence-electron chi connectivity index (χ4n) is 0.887. The Balaban J connectivity index is 0.000000671. The maximum Gasteiger partial charge on any atom is 0.123 e. The van der Waals surface area contributed by atoms with Gasteiger partial charge in [-0.1, -0.05) is 26.0 Å². The monoisotopic (exact) mass is 187 g/mol. The van der Waals surface area contributed by atoms with Crippen molar-refractivity contribution in [2.45, 2.75) is 20.4 Å². The highest BCUT2D eigenvalue weighted by atomic mass is 19.2. The molecule has 0 fully saturated rings. The van der Waals surface area contributed by atoms with Crippen molar-refractivity contribution < 1.29 is 8.87 Å². The molecule has 1 aromatic carbocycles. The van der Waals surface area contributed by atoms with E-state index in [2.05, 4.69) is 0 Å². The summed E-state index contributed by atoms with van der Waals surface area (Å²) in [5, 5.41) is 0.509. The first-order valence-corrected chi connectivity index (χ1v) is 4.30. The van der Waals surface area contributed by atoms with E-state index in [4.69, 9.17) is 0 Å². The molecular formula is C10H15F2N. The molecule has 0 unspecified atom stereocenters. The minimum Gasteiger partial charge on any atom is -0.207 e. The summed E-state index contributed by atoms with van der Waals surface area (Å²) in [5.41, 5.74) is 0.634. The van der Waals surface area contributed by atoms with Gasteiger partial charge in [0.1, 0.15) is 5.82 Å². The molecule has 3 heteroatoms. The van der Waals surface area contributed by atoms with Gasteiger partial charge in [0.05, 0.1) is 6.54 Å². The smallest absolute Gasteiger partial charge is 0.123 e. The lowest BCUT2D eigenvalue weighted by molar-refractivity contribution is 0.0505. The number of halogens is 2. The Morgan fingerprint density at radius 1 is 1.31 bits per heavy atom. The van der Waals surface area contributed by atoms with Gasteiger partial charge in [-0.25, -0.2) is 4.39 Å². The lowest BCUT2D eigenvalue weighted by Gasteiger charge is -2.03. The first-order valence-electron chi connectivity index (χ1n) is 4.30. The molecule has 0 aromatic heterocycles. The van der Waals surface area contributed by atoms with Crippen molar-refractivity contribution in [1.82, 2.24) is 5.12 Å². The first kappa shape index (κ1) is 12.0. The molecule has 0 bridgehead atoms. The quantitative estimate of drug-likeness (QED) is 0.643. The normalized spacial score (nSPS) is 9.38. The number of rotatable bonds is 2. The molecule has 13 heavy (non-hydrogen) atoms. The van der Waals surface area contributed by atoms with Crippen molar-refractivity contribution in [2.75, 3.05) is 7.05 Å². The highest BCUT2D eigenvalue weighted by Gasteiger charge is 1.97. The number of hydrogen-bond donors (Lipinski definition) is 0. The summed E-state index contributed by atoms with van der Waals surface area (Å²) < 4.78 is 24.7. The Labute approximate surface area is 77.9 Å². The number of hydrogen-bond acceptors (Lipinski definition) is 1. The molecule has 0 heterocycles. The molecule has 1 aromatic rings. The molecule has 0 atom stereocenters. The van der Waals surface area contributed by atoms with Gasteiger partial charge >= 0.3 is 0 Å². The van der Waals surface area contributed by atoms with Crippen LogP contribution < -0.4 is 0 Å². The van der Waals surface area contributed by atoms with E-state index >= 15 is 0 Å². The highest BCUT2D eigenvalue weighted by Crippen LogP contribution is 2.05. The highest BCUT2D eigenvalue weighted by molar-refractivity contribution is 5.15. The molecule has 0 saturated carbocycles. The van der Waals surface area contributed by atoms with E-state index in [0.717, 1.165) is 0 Å². The van der Waals surface area contributed by atoms with E-state index in [0.29, 0.717) is 10.7 Å². The second-order valence-corrected chi connectivity index (χ2v) is 2.39. The Kier molecular flexibility index (Phi) is 6.06. The Morgan fingerprint density at radius 2 is 1.92 bits per heavy atom. The van der Waals surface area contributed by atoms with Gasteiger partial charge < -0.3 is 0 Å². The van der Waals surface area contributed by atoms with Crippen molar-refractivity contribution in [3.05, 3.63) is 35.6 Å². The van der Waals surface area contributed by atoms with Crippen LogP contribution in [0.15, 0.2) is 24.3 Å². The fraction of sp³-hybridized carbons (Fsp3) is 0.400. The van der Waals surface area contributed by atoms with Crippen molar-refractivity contribution in [1.29, 1.82) is 0 Å². The van der Waals surface area contributed by atoms with Crippen LogP contribution in [0.2, 0.25) is 0 Å². The number of nitrogens with zero attached hydrogens (tertiary/aromatic N) is 1. The molecule has 74 valence electrons. The summed E-state index contributed by atoms with van der Waals surface area (Å²) in [6.45, 7) is 4.12. The molecule has 0 spiro atoms. The summed E-state index contributed by atoms with van der Waals surface area (Å²) in [4.78, 5) is 0. The van der Waals surface area contributed by atoms with E-state index in [1.54, 1.807) is 12.1 Å². The van der Waals surface area contributed by atoms with Crippen molar-refractivity contribution in [2.24, 2.45) is 0 Å². The third-order valence-electron chi connectivity index (χ3n) is 1.29. The standard InChI is InChI=1S/C8H9F2N.C2H6/c1-11(10)6-7-3-2-4-8(9)5-7;1-2/h2-5H,6H2,1H3;1-2H3. The van der Waals surface area contributed by atoms with E-state index < -0.39 is 0 Å². The predicted molar refractivity (Wildman–Crippen MR) is 50.3 cm³/mol. The van der Waals surface area contributed by atoms with Crippen molar-refractivity contribution >= 4 is 0 Å². The Bertz CT molecular complexity index is 236. The van der Waals surface area contributed by atoms with E-state index in [9.17, 15) is 8.87 Å². The third kappa shape index (κ3) is 5.31. The Hall–Kier alpha value is -0.960. The molecule has 1 rings (SSSR count). The molecule has 0 saturated heterocycles. The maximum absolute atomic E-state index is 12.5. The second-order valence-electron chi connectivity index (χ2n) is 2.39. The molecular weight excluding hydrogens is 172 g/mol. The first-order chi connectivity index (χ1) is 6.18. The van der Waals surface area contributed by atoms with Crippen molar-refractivity contribution in [3.8, 4) is 0 Å². The lowest BCUT2D eigenvalue weighted by Crippen LogP contribution is -2.05. The van der Waals surface area contributed by atoms with Crippen molar-refractivity contribution in [3.63, 3.8) is 0 Å². The van der Waals surface area contributed by atoms with Gasteiger partial charge in [0.25, 0.3) is 0 Å². The van der Waals surface area contributed by atoms with Gasteiger partial charge in [-0.05, 0) is 17.7 Å².